The van der Waals surface area contributed by atoms with E-state index in [2.05, 4.69) is 27.3 Å². The molecule has 0 bridgehead atoms. The molecule has 0 amide bonds. The van der Waals surface area contributed by atoms with Crippen molar-refractivity contribution in [3.8, 4) is 11.3 Å². The average Bonchev–Trinajstić information content (AvgIpc) is 2.68. The van der Waals surface area contributed by atoms with Gasteiger partial charge in [0, 0.05) is 37.2 Å². The molecule has 2 rings (SSSR count). The maximum Gasteiger partial charge on any atom is 0.152 e. The Balaban J connectivity index is 2.41. The zero-order chi connectivity index (χ0) is 12.3. The fourth-order valence-electron chi connectivity index (χ4n) is 1.64. The highest BCUT2D eigenvalue weighted by molar-refractivity contribution is 5.72. The van der Waals surface area contributed by atoms with E-state index in [1.807, 2.05) is 24.9 Å². The number of nitrogens with zero attached hydrogens (tertiary/aromatic N) is 4. The van der Waals surface area contributed by atoms with Gasteiger partial charge in [-0.15, -0.1) is 0 Å². The van der Waals surface area contributed by atoms with E-state index in [0.29, 0.717) is 0 Å². The molecule has 90 valence electrons. The van der Waals surface area contributed by atoms with Crippen molar-refractivity contribution in [2.75, 3.05) is 11.9 Å². The summed E-state index contributed by atoms with van der Waals surface area (Å²) < 4.78 is 1.84. The van der Waals surface area contributed by atoms with E-state index in [-0.39, 0.29) is 0 Å². The van der Waals surface area contributed by atoms with Crippen LogP contribution in [-0.4, -0.2) is 26.3 Å². The first-order chi connectivity index (χ1) is 8.24. The highest BCUT2D eigenvalue weighted by Gasteiger charge is 2.12. The first-order valence-corrected chi connectivity index (χ1v) is 5.78. The van der Waals surface area contributed by atoms with E-state index in [0.717, 1.165) is 35.7 Å². The molecule has 0 aromatic carbocycles. The first kappa shape index (κ1) is 11.6. The molecule has 2 aromatic heterocycles. The third-order valence-corrected chi connectivity index (χ3v) is 2.73. The van der Waals surface area contributed by atoms with Crippen molar-refractivity contribution in [1.29, 1.82) is 0 Å². The lowest BCUT2D eigenvalue weighted by Gasteiger charge is -2.08. The van der Waals surface area contributed by atoms with E-state index in [1.165, 1.54) is 0 Å². The number of hydrogen-bond donors (Lipinski definition) is 1. The van der Waals surface area contributed by atoms with Crippen molar-refractivity contribution in [3.05, 3.63) is 24.3 Å². The van der Waals surface area contributed by atoms with Crippen LogP contribution in [0.4, 0.5) is 5.82 Å². The Labute approximate surface area is 101 Å². The standard InChI is InChI=1S/C12H17N5/c1-4-5-14-12-11(13-6-7-15-12)10-8-16-17(3)9(10)2/h6-8H,4-5H2,1-3H3,(H,14,15). The summed E-state index contributed by atoms with van der Waals surface area (Å²) in [6.07, 6.45) is 6.30. The number of aryl methyl sites for hydroxylation is 1. The topological polar surface area (TPSA) is 55.6 Å². The van der Waals surface area contributed by atoms with Crippen LogP contribution in [0.3, 0.4) is 0 Å². The SMILES string of the molecule is CCCNc1nccnc1-c1cnn(C)c1C. The van der Waals surface area contributed by atoms with E-state index >= 15 is 0 Å². The summed E-state index contributed by atoms with van der Waals surface area (Å²) in [5, 5.41) is 7.52. The van der Waals surface area contributed by atoms with Crippen LogP contribution >= 0.6 is 0 Å². The minimum atomic E-state index is 0.824. The lowest BCUT2D eigenvalue weighted by Crippen LogP contribution is -2.05. The van der Waals surface area contributed by atoms with Gasteiger partial charge >= 0.3 is 0 Å². The molecule has 0 unspecified atom stereocenters. The Morgan fingerprint density at radius 1 is 1.29 bits per heavy atom. The normalized spacial score (nSPS) is 10.5. The second-order valence-electron chi connectivity index (χ2n) is 3.95. The summed E-state index contributed by atoms with van der Waals surface area (Å²) in [5.74, 6) is 0.824. The Morgan fingerprint density at radius 3 is 2.71 bits per heavy atom. The van der Waals surface area contributed by atoms with E-state index in [9.17, 15) is 0 Å². The Hall–Kier alpha value is -1.91. The third kappa shape index (κ3) is 2.27. The van der Waals surface area contributed by atoms with Gasteiger partial charge in [-0.3, -0.25) is 9.67 Å². The van der Waals surface area contributed by atoms with Crippen molar-refractivity contribution >= 4 is 5.82 Å². The summed E-state index contributed by atoms with van der Waals surface area (Å²) in [4.78, 5) is 8.73. The van der Waals surface area contributed by atoms with Crippen LogP contribution in [0.1, 0.15) is 19.0 Å². The maximum atomic E-state index is 4.40. The molecule has 0 spiro atoms. The summed E-state index contributed by atoms with van der Waals surface area (Å²) in [7, 11) is 1.92. The molecule has 5 heteroatoms. The third-order valence-electron chi connectivity index (χ3n) is 2.73. The van der Waals surface area contributed by atoms with Crippen LogP contribution in [0.2, 0.25) is 0 Å². The highest BCUT2D eigenvalue weighted by atomic mass is 15.3. The predicted octanol–water partition coefficient (Wildman–Crippen LogP) is 2.01. The summed E-state index contributed by atoms with van der Waals surface area (Å²) in [5.41, 5.74) is 2.98. The van der Waals surface area contributed by atoms with E-state index in [1.54, 1.807) is 12.4 Å². The molecule has 0 aliphatic rings. The van der Waals surface area contributed by atoms with E-state index in [4.69, 9.17) is 0 Å². The molecule has 0 aliphatic heterocycles. The zero-order valence-corrected chi connectivity index (χ0v) is 10.4. The van der Waals surface area contributed by atoms with Crippen molar-refractivity contribution < 1.29 is 0 Å². The quantitative estimate of drug-likeness (QED) is 0.874. The minimum absolute atomic E-state index is 0.824. The van der Waals surface area contributed by atoms with Crippen molar-refractivity contribution in [2.24, 2.45) is 7.05 Å². The van der Waals surface area contributed by atoms with Gasteiger partial charge in [-0.2, -0.15) is 5.10 Å². The lowest BCUT2D eigenvalue weighted by atomic mass is 10.2. The van der Waals surface area contributed by atoms with Crippen LogP contribution in [0, 0.1) is 6.92 Å². The van der Waals surface area contributed by atoms with Crippen molar-refractivity contribution in [1.82, 2.24) is 19.7 Å². The Bertz CT molecular complexity index is 503. The molecule has 1 N–H and O–H groups in total. The van der Waals surface area contributed by atoms with Crippen LogP contribution in [-0.2, 0) is 7.05 Å². The van der Waals surface area contributed by atoms with Crippen LogP contribution in [0.5, 0.6) is 0 Å². The highest BCUT2D eigenvalue weighted by Crippen LogP contribution is 2.25. The lowest BCUT2D eigenvalue weighted by molar-refractivity contribution is 0.740. The molecule has 0 radical (unpaired) electrons. The largest absolute Gasteiger partial charge is 0.368 e. The second kappa shape index (κ2) is 4.95. The molecule has 0 saturated carbocycles. The molecular formula is C12H17N5. The van der Waals surface area contributed by atoms with Gasteiger partial charge in [-0.25, -0.2) is 4.98 Å². The molecule has 0 atom stereocenters. The van der Waals surface area contributed by atoms with Crippen LogP contribution < -0.4 is 5.32 Å². The molecule has 2 aromatic rings. The predicted molar refractivity (Wildman–Crippen MR) is 67.8 cm³/mol. The summed E-state index contributed by atoms with van der Waals surface area (Å²) in [6.45, 7) is 5.05. The van der Waals surface area contributed by atoms with Gasteiger partial charge in [0.1, 0.15) is 5.69 Å². The molecule has 5 nitrogen and oxygen atoms in total. The van der Waals surface area contributed by atoms with Crippen LogP contribution in [0.15, 0.2) is 18.6 Å². The number of anilines is 1. The summed E-state index contributed by atoms with van der Waals surface area (Å²) >= 11 is 0. The second-order valence-corrected chi connectivity index (χ2v) is 3.95. The van der Waals surface area contributed by atoms with Gasteiger partial charge in [-0.1, -0.05) is 6.92 Å². The number of rotatable bonds is 4. The van der Waals surface area contributed by atoms with Gasteiger partial charge in [0.25, 0.3) is 0 Å². The monoisotopic (exact) mass is 231 g/mol. The smallest absolute Gasteiger partial charge is 0.152 e. The fraction of sp³-hybridized carbons (Fsp3) is 0.417. The van der Waals surface area contributed by atoms with Gasteiger partial charge in [-0.05, 0) is 13.3 Å². The number of aromatic nitrogens is 4. The molecule has 0 saturated heterocycles. The number of hydrogen-bond acceptors (Lipinski definition) is 4. The summed E-state index contributed by atoms with van der Waals surface area (Å²) in [6, 6.07) is 0. The Morgan fingerprint density at radius 2 is 2.06 bits per heavy atom. The Kier molecular flexibility index (Phi) is 3.37. The van der Waals surface area contributed by atoms with Gasteiger partial charge < -0.3 is 5.32 Å². The first-order valence-electron chi connectivity index (χ1n) is 5.78. The van der Waals surface area contributed by atoms with Crippen molar-refractivity contribution in [3.63, 3.8) is 0 Å². The molecular weight excluding hydrogens is 214 g/mol. The molecule has 17 heavy (non-hydrogen) atoms. The maximum absolute atomic E-state index is 4.40. The average molecular weight is 231 g/mol. The molecule has 0 aliphatic carbocycles. The van der Waals surface area contributed by atoms with Gasteiger partial charge in [0.15, 0.2) is 5.82 Å². The fourth-order valence-corrected chi connectivity index (χ4v) is 1.64. The van der Waals surface area contributed by atoms with E-state index < -0.39 is 0 Å². The zero-order valence-electron chi connectivity index (χ0n) is 10.4. The minimum Gasteiger partial charge on any atom is -0.368 e. The van der Waals surface area contributed by atoms with Crippen LogP contribution in [0.25, 0.3) is 11.3 Å². The van der Waals surface area contributed by atoms with Gasteiger partial charge in [0.05, 0.1) is 6.20 Å². The van der Waals surface area contributed by atoms with Gasteiger partial charge in [0.2, 0.25) is 0 Å². The molecule has 0 fully saturated rings. The van der Waals surface area contributed by atoms with Crippen molar-refractivity contribution in [2.45, 2.75) is 20.3 Å². The molecule has 2 heterocycles. The number of nitrogens with one attached hydrogen (secondary N) is 1.